The van der Waals surface area contributed by atoms with Crippen LogP contribution in [0, 0.1) is 0 Å². The van der Waals surface area contributed by atoms with E-state index in [1.165, 1.54) is 88.6 Å². The zero-order valence-corrected chi connectivity index (χ0v) is 14.3. The molecule has 0 nitrogen and oxygen atoms in total. The Kier molecular flexibility index (Phi) is 18.4. The standard InChI is InChI=1S/C16H34S2/c1-3-5-7-8-9-10-11-12-13-14-16-18-17-15-6-4-2/h3-16H2,1-2H3. The quantitative estimate of drug-likeness (QED) is 0.233. The van der Waals surface area contributed by atoms with Gasteiger partial charge in [0, 0.05) is 11.5 Å². The van der Waals surface area contributed by atoms with Crippen molar-refractivity contribution < 1.29 is 0 Å². The molecule has 2 heteroatoms. The highest BCUT2D eigenvalue weighted by Gasteiger charge is 1.94. The first-order chi connectivity index (χ1) is 8.91. The van der Waals surface area contributed by atoms with Crippen LogP contribution in [0.25, 0.3) is 0 Å². The summed E-state index contributed by atoms with van der Waals surface area (Å²) in [7, 11) is 4.16. The lowest BCUT2D eigenvalue weighted by molar-refractivity contribution is 0.563. The highest BCUT2D eigenvalue weighted by Crippen LogP contribution is 2.24. The van der Waals surface area contributed by atoms with E-state index in [1.807, 2.05) is 0 Å². The maximum Gasteiger partial charge on any atom is 0.00369 e. The molecule has 0 aromatic carbocycles. The van der Waals surface area contributed by atoms with E-state index in [-0.39, 0.29) is 0 Å². The van der Waals surface area contributed by atoms with Crippen molar-refractivity contribution >= 4 is 21.6 Å². The van der Waals surface area contributed by atoms with Gasteiger partial charge in [-0.1, -0.05) is 99.6 Å². The number of hydrogen-bond donors (Lipinski definition) is 0. The Morgan fingerprint density at radius 2 is 0.833 bits per heavy atom. The van der Waals surface area contributed by atoms with Gasteiger partial charge in [0.1, 0.15) is 0 Å². The fourth-order valence-electron chi connectivity index (χ4n) is 1.97. The third-order valence-electron chi connectivity index (χ3n) is 3.25. The van der Waals surface area contributed by atoms with Gasteiger partial charge in [-0.25, -0.2) is 0 Å². The predicted molar refractivity (Wildman–Crippen MR) is 91.7 cm³/mol. The zero-order chi connectivity index (χ0) is 13.3. The second-order valence-electron chi connectivity index (χ2n) is 5.18. The van der Waals surface area contributed by atoms with Crippen molar-refractivity contribution in [2.24, 2.45) is 0 Å². The van der Waals surface area contributed by atoms with E-state index in [2.05, 4.69) is 35.4 Å². The van der Waals surface area contributed by atoms with Crippen molar-refractivity contribution in [2.45, 2.75) is 90.9 Å². The van der Waals surface area contributed by atoms with Gasteiger partial charge >= 0.3 is 0 Å². The van der Waals surface area contributed by atoms with E-state index in [9.17, 15) is 0 Å². The van der Waals surface area contributed by atoms with Gasteiger partial charge in [-0.15, -0.1) is 0 Å². The second kappa shape index (κ2) is 17.7. The van der Waals surface area contributed by atoms with Gasteiger partial charge in [0.15, 0.2) is 0 Å². The van der Waals surface area contributed by atoms with Crippen LogP contribution in [-0.2, 0) is 0 Å². The zero-order valence-electron chi connectivity index (χ0n) is 12.7. The number of hydrogen-bond acceptors (Lipinski definition) is 2. The van der Waals surface area contributed by atoms with Crippen LogP contribution in [0.2, 0.25) is 0 Å². The molecule has 0 amide bonds. The van der Waals surface area contributed by atoms with Gasteiger partial charge in [-0.3, -0.25) is 0 Å². The number of unbranched alkanes of at least 4 members (excludes halogenated alkanes) is 10. The minimum Gasteiger partial charge on any atom is -0.0942 e. The molecule has 0 aliphatic carbocycles. The summed E-state index contributed by atoms with van der Waals surface area (Å²) in [4.78, 5) is 0. The lowest BCUT2D eigenvalue weighted by Gasteiger charge is -2.02. The Morgan fingerprint density at radius 3 is 1.33 bits per heavy atom. The van der Waals surface area contributed by atoms with Crippen LogP contribution in [0.1, 0.15) is 90.9 Å². The monoisotopic (exact) mass is 290 g/mol. The Labute approximate surface area is 124 Å². The second-order valence-corrected chi connectivity index (χ2v) is 7.88. The molecule has 0 aliphatic rings. The molecule has 0 saturated carbocycles. The van der Waals surface area contributed by atoms with E-state index in [1.54, 1.807) is 0 Å². The lowest BCUT2D eigenvalue weighted by atomic mass is 10.1. The van der Waals surface area contributed by atoms with Crippen LogP contribution in [-0.4, -0.2) is 11.5 Å². The van der Waals surface area contributed by atoms with Gasteiger partial charge < -0.3 is 0 Å². The molecule has 0 saturated heterocycles. The molecular formula is C16H34S2. The summed E-state index contributed by atoms with van der Waals surface area (Å²) in [5.41, 5.74) is 0. The van der Waals surface area contributed by atoms with E-state index >= 15 is 0 Å². The minimum atomic E-state index is 1.34. The average Bonchev–Trinajstić information content (AvgIpc) is 2.39. The van der Waals surface area contributed by atoms with Crippen LogP contribution in [0.5, 0.6) is 0 Å². The van der Waals surface area contributed by atoms with Gasteiger partial charge in [0.2, 0.25) is 0 Å². The third kappa shape index (κ3) is 16.7. The molecule has 0 spiro atoms. The molecule has 0 aromatic heterocycles. The maximum absolute atomic E-state index is 2.29. The van der Waals surface area contributed by atoms with Crippen LogP contribution in [0.3, 0.4) is 0 Å². The van der Waals surface area contributed by atoms with Crippen molar-refractivity contribution in [1.29, 1.82) is 0 Å². The summed E-state index contributed by atoms with van der Waals surface area (Å²) in [6.07, 6.45) is 17.2. The third-order valence-corrected chi connectivity index (χ3v) is 5.82. The molecule has 0 N–H and O–H groups in total. The largest absolute Gasteiger partial charge is 0.0942 e. The van der Waals surface area contributed by atoms with Gasteiger partial charge in [-0.05, 0) is 12.8 Å². The molecular weight excluding hydrogens is 256 g/mol. The van der Waals surface area contributed by atoms with Crippen molar-refractivity contribution in [3.05, 3.63) is 0 Å². The summed E-state index contributed by atoms with van der Waals surface area (Å²) in [6.45, 7) is 4.56. The molecule has 0 unspecified atom stereocenters. The summed E-state index contributed by atoms with van der Waals surface area (Å²) in [5.74, 6) is 2.71. The van der Waals surface area contributed by atoms with Crippen molar-refractivity contribution in [2.75, 3.05) is 11.5 Å². The van der Waals surface area contributed by atoms with Gasteiger partial charge in [-0.2, -0.15) is 0 Å². The molecule has 0 fully saturated rings. The molecule has 0 aromatic rings. The summed E-state index contributed by atoms with van der Waals surface area (Å²) >= 11 is 0. The minimum absolute atomic E-state index is 1.34. The van der Waals surface area contributed by atoms with Gasteiger partial charge in [0.25, 0.3) is 0 Å². The summed E-state index contributed by atoms with van der Waals surface area (Å²) in [6, 6.07) is 0. The maximum atomic E-state index is 2.29. The first-order valence-electron chi connectivity index (χ1n) is 8.16. The topological polar surface area (TPSA) is 0 Å². The Bertz CT molecular complexity index is 121. The summed E-state index contributed by atoms with van der Waals surface area (Å²) < 4.78 is 0. The van der Waals surface area contributed by atoms with E-state index in [4.69, 9.17) is 0 Å². The lowest BCUT2D eigenvalue weighted by Crippen LogP contribution is -1.83. The molecule has 0 radical (unpaired) electrons. The van der Waals surface area contributed by atoms with Crippen LogP contribution >= 0.6 is 21.6 Å². The first kappa shape index (κ1) is 18.7. The predicted octanol–water partition coefficient (Wildman–Crippen LogP) is 7.09. The molecule has 0 bridgehead atoms. The smallest absolute Gasteiger partial charge is 0.00369 e. The van der Waals surface area contributed by atoms with Crippen LogP contribution in [0.4, 0.5) is 0 Å². The van der Waals surface area contributed by atoms with Crippen molar-refractivity contribution in [3.63, 3.8) is 0 Å². The van der Waals surface area contributed by atoms with E-state index in [0.29, 0.717) is 0 Å². The van der Waals surface area contributed by atoms with E-state index < -0.39 is 0 Å². The number of rotatable bonds is 15. The molecule has 0 rings (SSSR count). The molecule has 18 heavy (non-hydrogen) atoms. The molecule has 0 heterocycles. The SMILES string of the molecule is CCCCCCCCCCCCSSCCCC. The Balaban J connectivity index is 2.86. The van der Waals surface area contributed by atoms with Crippen molar-refractivity contribution in [1.82, 2.24) is 0 Å². The normalized spacial score (nSPS) is 11.0. The average molecular weight is 291 g/mol. The fourth-order valence-corrected chi connectivity index (χ4v) is 4.35. The highest BCUT2D eigenvalue weighted by molar-refractivity contribution is 8.76. The Hall–Kier alpha value is 0.700. The fraction of sp³-hybridized carbons (Fsp3) is 1.00. The Morgan fingerprint density at radius 1 is 0.444 bits per heavy atom. The molecule has 110 valence electrons. The molecule has 0 atom stereocenters. The highest BCUT2D eigenvalue weighted by atomic mass is 33.1. The van der Waals surface area contributed by atoms with Crippen LogP contribution < -0.4 is 0 Å². The first-order valence-corrected chi connectivity index (χ1v) is 10.6. The van der Waals surface area contributed by atoms with E-state index in [0.717, 1.165) is 0 Å². The summed E-state index contributed by atoms with van der Waals surface area (Å²) in [5, 5.41) is 0. The molecule has 0 aliphatic heterocycles. The van der Waals surface area contributed by atoms with Crippen LogP contribution in [0.15, 0.2) is 0 Å². The van der Waals surface area contributed by atoms with Crippen molar-refractivity contribution in [3.8, 4) is 0 Å². The van der Waals surface area contributed by atoms with Gasteiger partial charge in [0.05, 0.1) is 0 Å².